The molecule has 166 valence electrons. The summed E-state index contributed by atoms with van der Waals surface area (Å²) in [4.78, 5) is 19.2. The lowest BCUT2D eigenvalue weighted by Crippen LogP contribution is -2.42. The molecule has 4 aromatic rings. The smallest absolute Gasteiger partial charge is 0.132 e. The quantitative estimate of drug-likeness (QED) is 0.465. The van der Waals surface area contributed by atoms with Gasteiger partial charge < -0.3 is 14.7 Å². The van der Waals surface area contributed by atoms with Gasteiger partial charge in [0.25, 0.3) is 0 Å². The summed E-state index contributed by atoms with van der Waals surface area (Å²) in [6.45, 7) is 4.31. The maximum atomic E-state index is 15.1. The molecule has 2 aromatic carbocycles. The first-order chi connectivity index (χ1) is 16.5. The second-order valence-electron chi connectivity index (χ2n) is 8.11. The molecule has 5 rings (SSSR count). The number of morpholine rings is 1. The van der Waals surface area contributed by atoms with Gasteiger partial charge in [0.05, 0.1) is 35.8 Å². The molecule has 4 radical (unpaired) electrons. The zero-order valence-electron chi connectivity index (χ0n) is 18.6. The zero-order chi connectivity index (χ0) is 23.8. The molecule has 2 aromatic heterocycles. The van der Waals surface area contributed by atoms with E-state index in [2.05, 4.69) is 24.8 Å². The minimum Gasteiger partial charge on any atom is -0.382 e. The van der Waals surface area contributed by atoms with Gasteiger partial charge in [0.2, 0.25) is 0 Å². The number of rotatable bonds is 4. The van der Waals surface area contributed by atoms with E-state index in [4.69, 9.17) is 20.4 Å². The predicted octanol–water partition coefficient (Wildman–Crippen LogP) is 1.04. The predicted molar refractivity (Wildman–Crippen MR) is 130 cm³/mol. The van der Waals surface area contributed by atoms with E-state index >= 15 is 4.39 Å². The first-order valence-corrected chi connectivity index (χ1v) is 10.9. The molecule has 3 heterocycles. The van der Waals surface area contributed by atoms with Crippen LogP contribution in [0.1, 0.15) is 23.1 Å². The van der Waals surface area contributed by atoms with Crippen LogP contribution in [-0.4, -0.2) is 67.0 Å². The second-order valence-corrected chi connectivity index (χ2v) is 8.11. The molecule has 10 heteroatoms. The summed E-state index contributed by atoms with van der Waals surface area (Å²) < 4.78 is 20.5. The average Bonchev–Trinajstić information content (AvgIpc) is 2.86. The zero-order valence-corrected chi connectivity index (χ0v) is 18.6. The van der Waals surface area contributed by atoms with Crippen LogP contribution >= 0.6 is 0 Å². The van der Waals surface area contributed by atoms with Crippen molar-refractivity contribution in [1.82, 2.24) is 19.9 Å². The van der Waals surface area contributed by atoms with Gasteiger partial charge in [-0.15, -0.1) is 0 Å². The molecule has 1 N–H and O–H groups in total. The number of hydrogen-bond donors (Lipinski definition) is 1. The topological polar surface area (TPSA) is 84.3 Å². The molecule has 1 saturated heterocycles. The molecule has 0 bridgehead atoms. The van der Waals surface area contributed by atoms with Crippen LogP contribution in [0.25, 0.3) is 22.2 Å². The van der Waals surface area contributed by atoms with Crippen LogP contribution in [0.15, 0.2) is 43.0 Å². The molecule has 1 unspecified atom stereocenters. The Kier molecular flexibility index (Phi) is 6.02. The van der Waals surface area contributed by atoms with Gasteiger partial charge in [-0.2, -0.15) is 0 Å². The van der Waals surface area contributed by atoms with Crippen molar-refractivity contribution < 1.29 is 14.2 Å². The average molecular weight is 451 g/mol. The Morgan fingerprint density at radius 3 is 2.56 bits per heavy atom. The van der Waals surface area contributed by atoms with Crippen LogP contribution in [-0.2, 0) is 4.74 Å². The molecule has 34 heavy (non-hydrogen) atoms. The van der Waals surface area contributed by atoms with Crippen molar-refractivity contribution in [3.05, 3.63) is 65.8 Å². The fourth-order valence-electron chi connectivity index (χ4n) is 4.26. The lowest BCUT2D eigenvalue weighted by atomic mass is 9.76. The van der Waals surface area contributed by atoms with E-state index in [0.29, 0.717) is 65.3 Å². The number of aromatic nitrogens is 4. The minimum absolute atomic E-state index is 0.177. The number of aryl methyl sites for hydroxylation is 1. The second kappa shape index (κ2) is 9.12. The number of fused-ring (bicyclic) bond motifs is 1. The summed E-state index contributed by atoms with van der Waals surface area (Å²) in [5, 5.41) is 11.4. The Bertz CT molecular complexity index is 1380. The molecule has 0 aliphatic carbocycles. The number of hydrogen-bond acceptors (Lipinski definition) is 7. The van der Waals surface area contributed by atoms with Crippen molar-refractivity contribution in [2.24, 2.45) is 0 Å². The largest absolute Gasteiger partial charge is 0.382 e. The molecule has 0 spiro atoms. The number of anilines is 1. The Labute approximate surface area is 198 Å². The third-order valence-corrected chi connectivity index (χ3v) is 6.08. The van der Waals surface area contributed by atoms with Crippen LogP contribution < -0.4 is 15.8 Å². The first-order valence-electron chi connectivity index (χ1n) is 10.9. The standard InChI is InChI=1S/C24H20B2FN5O2/c1-13-22(29-5-4-28-13)24(33)14-2-3-16(27)15(10-14)23-19-17(30-12-31-23)11-18(20(25)21(19)26)32-6-8-34-9-7-32/h2-5,10-12,24,33H,6-9H2,1H3. The van der Waals surface area contributed by atoms with Crippen LogP contribution in [0, 0.1) is 12.7 Å². The summed E-state index contributed by atoms with van der Waals surface area (Å²) >= 11 is 0. The van der Waals surface area contributed by atoms with Gasteiger partial charge in [0.1, 0.15) is 33.9 Å². The van der Waals surface area contributed by atoms with E-state index < -0.39 is 11.9 Å². The fourth-order valence-corrected chi connectivity index (χ4v) is 4.26. The van der Waals surface area contributed by atoms with E-state index in [0.717, 1.165) is 5.69 Å². The molecule has 1 aliphatic heterocycles. The first kappa shape index (κ1) is 22.4. The molecule has 1 fully saturated rings. The van der Waals surface area contributed by atoms with Crippen molar-refractivity contribution >= 4 is 43.2 Å². The van der Waals surface area contributed by atoms with Crippen LogP contribution in [0.5, 0.6) is 0 Å². The van der Waals surface area contributed by atoms with Gasteiger partial charge >= 0.3 is 0 Å². The maximum absolute atomic E-state index is 15.1. The summed E-state index contributed by atoms with van der Waals surface area (Å²) in [7, 11) is 12.9. The number of aliphatic hydroxyl groups is 1. The van der Waals surface area contributed by atoms with Crippen LogP contribution in [0.2, 0.25) is 0 Å². The summed E-state index contributed by atoms with van der Waals surface area (Å²) in [6.07, 6.45) is 3.33. The van der Waals surface area contributed by atoms with Gasteiger partial charge in [-0.1, -0.05) is 17.0 Å². The fraction of sp³-hybridized carbons (Fsp3) is 0.250. The van der Waals surface area contributed by atoms with Gasteiger partial charge in [0.15, 0.2) is 0 Å². The summed E-state index contributed by atoms with van der Waals surface area (Å²) in [5.41, 5.74) is 3.88. The normalized spacial score (nSPS) is 15.0. The van der Waals surface area contributed by atoms with Crippen LogP contribution in [0.3, 0.4) is 0 Å². The summed E-state index contributed by atoms with van der Waals surface area (Å²) in [5.74, 6) is -0.512. The van der Waals surface area contributed by atoms with Gasteiger partial charge in [-0.05, 0) is 30.7 Å². The number of benzene rings is 2. The highest BCUT2D eigenvalue weighted by molar-refractivity contribution is 6.55. The van der Waals surface area contributed by atoms with Gasteiger partial charge in [-0.25, -0.2) is 14.4 Å². The van der Waals surface area contributed by atoms with E-state index in [1.54, 1.807) is 19.2 Å². The van der Waals surface area contributed by atoms with Gasteiger partial charge in [0, 0.05) is 42.1 Å². The van der Waals surface area contributed by atoms with E-state index in [1.807, 2.05) is 6.07 Å². The van der Waals surface area contributed by atoms with Gasteiger partial charge in [-0.3, -0.25) is 9.97 Å². The Morgan fingerprint density at radius 1 is 1.03 bits per heavy atom. The number of ether oxygens (including phenoxy) is 1. The molecule has 0 saturated carbocycles. The molecule has 7 nitrogen and oxygen atoms in total. The highest BCUT2D eigenvalue weighted by atomic mass is 19.1. The third-order valence-electron chi connectivity index (χ3n) is 6.08. The van der Waals surface area contributed by atoms with Crippen molar-refractivity contribution in [2.75, 3.05) is 31.2 Å². The maximum Gasteiger partial charge on any atom is 0.132 e. The molecular weight excluding hydrogens is 431 g/mol. The van der Waals surface area contributed by atoms with E-state index in [1.165, 1.54) is 24.7 Å². The highest BCUT2D eigenvalue weighted by Gasteiger charge is 2.22. The molecule has 1 aliphatic rings. The number of nitrogens with zero attached hydrogens (tertiary/aromatic N) is 5. The lowest BCUT2D eigenvalue weighted by Gasteiger charge is -2.31. The minimum atomic E-state index is -1.09. The van der Waals surface area contributed by atoms with Crippen LogP contribution in [0.4, 0.5) is 10.1 Å². The van der Waals surface area contributed by atoms with Crippen molar-refractivity contribution in [3.63, 3.8) is 0 Å². The lowest BCUT2D eigenvalue weighted by molar-refractivity contribution is 0.123. The van der Waals surface area contributed by atoms with Crippen molar-refractivity contribution in [1.29, 1.82) is 0 Å². The van der Waals surface area contributed by atoms with E-state index in [-0.39, 0.29) is 11.0 Å². The SMILES string of the molecule is [B]c1c(N2CCOCC2)cc2ncnc(-c3cc(C(O)c4nccnc4C)ccc3F)c2c1[B]. The summed E-state index contributed by atoms with van der Waals surface area (Å²) in [6, 6.07) is 6.18. The number of aliphatic hydroxyl groups excluding tert-OH is 1. The molecular formula is C24H20B2FN5O2. The Balaban J connectivity index is 1.64. The Hall–Kier alpha value is -3.36. The van der Waals surface area contributed by atoms with Crippen molar-refractivity contribution in [3.8, 4) is 11.3 Å². The van der Waals surface area contributed by atoms with E-state index in [9.17, 15) is 5.11 Å². The molecule has 0 amide bonds. The Morgan fingerprint density at radius 2 is 1.79 bits per heavy atom. The number of halogens is 1. The monoisotopic (exact) mass is 451 g/mol. The molecule has 1 atom stereocenters. The highest BCUT2D eigenvalue weighted by Crippen LogP contribution is 2.31. The van der Waals surface area contributed by atoms with Crippen molar-refractivity contribution in [2.45, 2.75) is 13.0 Å². The third kappa shape index (κ3) is 3.93.